The Labute approximate surface area is 174 Å². The van der Waals surface area contributed by atoms with E-state index in [2.05, 4.69) is 15.3 Å². The number of benzene rings is 2. The lowest BCUT2D eigenvalue weighted by Crippen LogP contribution is -2.25. The van der Waals surface area contributed by atoms with E-state index in [9.17, 15) is 17.2 Å². The molecule has 1 fully saturated rings. The molecular weight excluding hydrogens is 408 g/mol. The van der Waals surface area contributed by atoms with Crippen LogP contribution in [0.4, 0.5) is 20.3 Å². The summed E-state index contributed by atoms with van der Waals surface area (Å²) in [6.45, 7) is 0. The number of nitrogens with one attached hydrogen (secondary N) is 1. The second kappa shape index (κ2) is 8.63. The Kier molecular flexibility index (Phi) is 5.94. The van der Waals surface area contributed by atoms with Crippen LogP contribution in [0, 0.1) is 0 Å². The SMILES string of the molecule is O=S(=O)(Cc1cccc(Nc2nc(C(F)F)nc3ccccc23)c1)C1CCCCC1. The molecule has 0 aliphatic heterocycles. The van der Waals surface area contributed by atoms with Gasteiger partial charge >= 0.3 is 0 Å². The molecule has 30 heavy (non-hydrogen) atoms. The minimum atomic E-state index is -3.23. The lowest BCUT2D eigenvalue weighted by atomic mass is 10.0. The molecular formula is C22H23F2N3O2S. The molecule has 1 N–H and O–H groups in total. The van der Waals surface area contributed by atoms with Crippen LogP contribution < -0.4 is 5.32 Å². The van der Waals surface area contributed by atoms with Crippen LogP contribution in [0.2, 0.25) is 0 Å². The van der Waals surface area contributed by atoms with Crippen LogP contribution in [0.15, 0.2) is 48.5 Å². The van der Waals surface area contributed by atoms with Crippen molar-refractivity contribution in [2.75, 3.05) is 5.32 Å². The zero-order valence-electron chi connectivity index (χ0n) is 16.4. The molecule has 1 saturated carbocycles. The van der Waals surface area contributed by atoms with Crippen LogP contribution >= 0.6 is 0 Å². The third kappa shape index (κ3) is 4.59. The standard InChI is InChI=1S/C22H23F2N3O2S/c23-20(24)22-26-19-12-5-4-11-18(19)21(27-22)25-16-8-6-7-15(13-16)14-30(28,29)17-9-2-1-3-10-17/h4-8,11-13,17,20H,1-3,9-10,14H2,(H,25,26,27). The number of fused-ring (bicyclic) bond motifs is 1. The Hall–Kier alpha value is -2.61. The summed E-state index contributed by atoms with van der Waals surface area (Å²) in [6, 6.07) is 13.9. The van der Waals surface area contributed by atoms with Gasteiger partial charge in [0.2, 0.25) is 0 Å². The lowest BCUT2D eigenvalue weighted by Gasteiger charge is -2.21. The summed E-state index contributed by atoms with van der Waals surface area (Å²) < 4.78 is 52.0. The molecule has 1 aliphatic carbocycles. The normalized spacial score (nSPS) is 15.6. The number of aromatic nitrogens is 2. The molecule has 1 heterocycles. The van der Waals surface area contributed by atoms with Gasteiger partial charge in [0.25, 0.3) is 6.43 Å². The molecule has 1 aliphatic rings. The van der Waals surface area contributed by atoms with E-state index in [-0.39, 0.29) is 16.8 Å². The van der Waals surface area contributed by atoms with Crippen LogP contribution in [0.1, 0.15) is 49.9 Å². The van der Waals surface area contributed by atoms with Gasteiger partial charge in [-0.3, -0.25) is 0 Å². The van der Waals surface area contributed by atoms with E-state index in [0.717, 1.165) is 32.1 Å². The monoisotopic (exact) mass is 431 g/mol. The number of alkyl halides is 2. The van der Waals surface area contributed by atoms with Crippen LogP contribution in [-0.4, -0.2) is 23.6 Å². The predicted octanol–water partition coefficient (Wildman–Crippen LogP) is 5.56. The number of sulfone groups is 1. The first-order valence-electron chi connectivity index (χ1n) is 10.0. The highest BCUT2D eigenvalue weighted by Gasteiger charge is 2.27. The second-order valence-corrected chi connectivity index (χ2v) is 9.92. The van der Waals surface area contributed by atoms with Gasteiger partial charge in [-0.05, 0) is 42.7 Å². The number of rotatable bonds is 6. The fraction of sp³-hybridized carbons (Fsp3) is 0.364. The molecule has 0 unspecified atom stereocenters. The van der Waals surface area contributed by atoms with Crippen LogP contribution in [-0.2, 0) is 15.6 Å². The summed E-state index contributed by atoms with van der Waals surface area (Å²) in [5, 5.41) is 3.41. The van der Waals surface area contributed by atoms with Crippen LogP contribution in [0.25, 0.3) is 10.9 Å². The van der Waals surface area contributed by atoms with E-state index in [4.69, 9.17) is 0 Å². The average Bonchev–Trinajstić information content (AvgIpc) is 2.74. The maximum absolute atomic E-state index is 13.2. The zero-order chi connectivity index (χ0) is 21.1. The third-order valence-corrected chi connectivity index (χ3v) is 7.66. The van der Waals surface area contributed by atoms with Crippen molar-refractivity contribution in [2.45, 2.75) is 49.5 Å². The maximum atomic E-state index is 13.2. The van der Waals surface area contributed by atoms with Gasteiger partial charge in [-0.25, -0.2) is 27.2 Å². The van der Waals surface area contributed by atoms with Crippen molar-refractivity contribution in [1.29, 1.82) is 0 Å². The molecule has 0 atom stereocenters. The summed E-state index contributed by atoms with van der Waals surface area (Å²) in [5.41, 5.74) is 1.68. The van der Waals surface area contributed by atoms with Crippen molar-refractivity contribution in [3.63, 3.8) is 0 Å². The van der Waals surface area contributed by atoms with Gasteiger partial charge in [0.1, 0.15) is 5.82 Å². The molecule has 5 nitrogen and oxygen atoms in total. The van der Waals surface area contributed by atoms with Gasteiger partial charge in [0.15, 0.2) is 15.7 Å². The molecule has 0 bridgehead atoms. The molecule has 0 radical (unpaired) electrons. The molecule has 0 amide bonds. The van der Waals surface area contributed by atoms with Crippen molar-refractivity contribution < 1.29 is 17.2 Å². The number of nitrogens with zero attached hydrogens (tertiary/aromatic N) is 2. The minimum Gasteiger partial charge on any atom is -0.340 e. The first kappa shape index (κ1) is 20.7. The molecule has 3 aromatic rings. The molecule has 158 valence electrons. The summed E-state index contributed by atoms with van der Waals surface area (Å²) in [6.07, 6.45) is 1.67. The topological polar surface area (TPSA) is 72.0 Å². The number of anilines is 2. The largest absolute Gasteiger partial charge is 0.340 e. The van der Waals surface area contributed by atoms with Crippen molar-refractivity contribution in [1.82, 2.24) is 9.97 Å². The Bertz CT molecular complexity index is 1150. The van der Waals surface area contributed by atoms with Crippen molar-refractivity contribution in [2.24, 2.45) is 0 Å². The van der Waals surface area contributed by atoms with E-state index in [1.165, 1.54) is 0 Å². The van der Waals surface area contributed by atoms with Crippen molar-refractivity contribution in [3.05, 3.63) is 59.9 Å². The van der Waals surface area contributed by atoms with Crippen molar-refractivity contribution in [3.8, 4) is 0 Å². The smallest absolute Gasteiger partial charge is 0.297 e. The quantitative estimate of drug-likeness (QED) is 0.553. The highest BCUT2D eigenvalue weighted by atomic mass is 32.2. The first-order chi connectivity index (χ1) is 14.4. The number of halogens is 2. The van der Waals surface area contributed by atoms with E-state index in [1.54, 1.807) is 48.5 Å². The lowest BCUT2D eigenvalue weighted by molar-refractivity contribution is 0.141. The number of hydrogen-bond acceptors (Lipinski definition) is 5. The Morgan fingerprint density at radius 3 is 2.53 bits per heavy atom. The van der Waals surface area contributed by atoms with E-state index < -0.39 is 22.1 Å². The van der Waals surface area contributed by atoms with Crippen LogP contribution in [0.3, 0.4) is 0 Å². The highest BCUT2D eigenvalue weighted by Crippen LogP contribution is 2.29. The molecule has 2 aromatic carbocycles. The fourth-order valence-corrected chi connectivity index (χ4v) is 5.87. The van der Waals surface area contributed by atoms with Gasteiger partial charge in [0, 0.05) is 11.1 Å². The summed E-state index contributed by atoms with van der Waals surface area (Å²) in [7, 11) is -3.23. The minimum absolute atomic E-state index is 0.0278. The summed E-state index contributed by atoms with van der Waals surface area (Å²) >= 11 is 0. The molecule has 0 spiro atoms. The first-order valence-corrected chi connectivity index (χ1v) is 11.8. The van der Waals surface area contributed by atoms with Gasteiger partial charge in [0.05, 0.1) is 16.5 Å². The fourth-order valence-electron chi connectivity index (χ4n) is 3.94. The van der Waals surface area contributed by atoms with Gasteiger partial charge in [-0.1, -0.05) is 43.5 Å². The van der Waals surface area contributed by atoms with Gasteiger partial charge in [-0.2, -0.15) is 0 Å². The molecule has 4 rings (SSSR count). The van der Waals surface area contributed by atoms with E-state index in [0.29, 0.717) is 22.2 Å². The van der Waals surface area contributed by atoms with Crippen LogP contribution in [0.5, 0.6) is 0 Å². The Morgan fingerprint density at radius 1 is 1.00 bits per heavy atom. The van der Waals surface area contributed by atoms with Gasteiger partial charge in [-0.15, -0.1) is 0 Å². The van der Waals surface area contributed by atoms with Crippen molar-refractivity contribution >= 4 is 32.2 Å². The Morgan fingerprint density at radius 2 is 1.77 bits per heavy atom. The summed E-state index contributed by atoms with van der Waals surface area (Å²) in [5.74, 6) is -0.310. The van der Waals surface area contributed by atoms with E-state index in [1.807, 2.05) is 0 Å². The predicted molar refractivity (Wildman–Crippen MR) is 114 cm³/mol. The van der Waals surface area contributed by atoms with E-state index >= 15 is 0 Å². The van der Waals surface area contributed by atoms with Gasteiger partial charge < -0.3 is 5.32 Å². The second-order valence-electron chi connectivity index (χ2n) is 7.64. The molecule has 0 saturated heterocycles. The average molecular weight is 432 g/mol. The Balaban J connectivity index is 1.61. The number of para-hydroxylation sites is 1. The molecule has 1 aromatic heterocycles. The number of hydrogen-bond donors (Lipinski definition) is 1. The molecule has 8 heteroatoms. The third-order valence-electron chi connectivity index (χ3n) is 5.43. The zero-order valence-corrected chi connectivity index (χ0v) is 17.2. The maximum Gasteiger partial charge on any atom is 0.297 e. The highest BCUT2D eigenvalue weighted by molar-refractivity contribution is 7.91. The summed E-state index contributed by atoms with van der Waals surface area (Å²) in [4.78, 5) is 7.90.